The van der Waals surface area contributed by atoms with Crippen molar-refractivity contribution < 1.29 is 0 Å². The van der Waals surface area contributed by atoms with Crippen LogP contribution in [0.15, 0.2) is 0 Å². The van der Waals surface area contributed by atoms with Crippen molar-refractivity contribution in [3.8, 4) is 0 Å². The van der Waals surface area contributed by atoms with Crippen LogP contribution in [-0.4, -0.2) is 24.1 Å². The molecule has 0 spiro atoms. The lowest BCUT2D eigenvalue weighted by molar-refractivity contribution is 0.507. The monoisotopic (exact) mass is 177 g/mol. The summed E-state index contributed by atoms with van der Waals surface area (Å²) in [5.74, 6) is 2.64. The van der Waals surface area contributed by atoms with E-state index in [1.54, 1.807) is 0 Å². The third kappa shape index (κ3) is 3.17. The van der Waals surface area contributed by atoms with Crippen LogP contribution in [0.2, 0.25) is 0 Å². The van der Waals surface area contributed by atoms with Gasteiger partial charge in [0, 0.05) is 17.5 Å². The predicted octanol–water partition coefficient (Wildman–Crippen LogP) is 2.14. The summed E-state index contributed by atoms with van der Waals surface area (Å²) in [6, 6.07) is 0.799. The molecule has 3 heteroatoms. The molecule has 1 nitrogen and oxygen atoms in total. The molecular weight excluding hydrogens is 162 g/mol. The smallest absolute Gasteiger partial charge is 0.00832 e. The van der Waals surface area contributed by atoms with Gasteiger partial charge in [0.2, 0.25) is 0 Å². The van der Waals surface area contributed by atoms with Crippen LogP contribution in [0.5, 0.6) is 0 Å². The van der Waals surface area contributed by atoms with Gasteiger partial charge in [0.05, 0.1) is 0 Å². The molecule has 0 aliphatic carbocycles. The van der Waals surface area contributed by atoms with E-state index in [9.17, 15) is 0 Å². The van der Waals surface area contributed by atoms with Crippen LogP contribution in [0.25, 0.3) is 0 Å². The summed E-state index contributed by atoms with van der Waals surface area (Å²) in [5.41, 5.74) is 0. The molecule has 1 rings (SSSR count). The molecule has 10 heavy (non-hydrogen) atoms. The van der Waals surface area contributed by atoms with Gasteiger partial charge in [-0.2, -0.15) is 0 Å². The van der Waals surface area contributed by atoms with Crippen molar-refractivity contribution >= 4 is 21.6 Å². The minimum absolute atomic E-state index is 0.799. The molecule has 1 N–H and O–H groups in total. The van der Waals surface area contributed by atoms with Crippen molar-refractivity contribution in [3.05, 3.63) is 0 Å². The third-order valence-corrected chi connectivity index (χ3v) is 4.15. The Morgan fingerprint density at radius 2 is 1.90 bits per heavy atom. The maximum Gasteiger partial charge on any atom is 0.00832 e. The van der Waals surface area contributed by atoms with E-state index in [0.29, 0.717) is 0 Å². The molecule has 0 aromatic rings. The van der Waals surface area contributed by atoms with Crippen LogP contribution >= 0.6 is 21.6 Å². The van der Waals surface area contributed by atoms with Crippen LogP contribution in [0.4, 0.5) is 0 Å². The van der Waals surface area contributed by atoms with Gasteiger partial charge in [0.15, 0.2) is 0 Å². The Morgan fingerprint density at radius 3 is 2.40 bits per heavy atom. The second-order valence-corrected chi connectivity index (χ2v) is 5.18. The molecule has 0 unspecified atom stereocenters. The van der Waals surface area contributed by atoms with Crippen LogP contribution in [-0.2, 0) is 0 Å². The normalized spacial score (nSPS) is 22.5. The number of nitrogens with one attached hydrogen (secondary N) is 1. The van der Waals surface area contributed by atoms with Gasteiger partial charge >= 0.3 is 0 Å². The Kier molecular flexibility index (Phi) is 4.66. The number of rotatable bonds is 2. The first-order valence-electron chi connectivity index (χ1n) is 3.91. The molecule has 1 fully saturated rings. The van der Waals surface area contributed by atoms with Crippen molar-refractivity contribution in [2.75, 3.05) is 18.1 Å². The number of hydrogen-bond donors (Lipinski definition) is 1. The molecule has 1 aliphatic rings. The Bertz CT molecular complexity index is 79.7. The topological polar surface area (TPSA) is 12.0 Å². The lowest BCUT2D eigenvalue weighted by Gasteiger charge is -2.12. The third-order valence-electron chi connectivity index (χ3n) is 1.68. The van der Waals surface area contributed by atoms with Gasteiger partial charge in [-0.3, -0.25) is 0 Å². The minimum atomic E-state index is 0.799. The zero-order valence-electron chi connectivity index (χ0n) is 6.43. The van der Waals surface area contributed by atoms with Gasteiger partial charge in [-0.15, -0.1) is 0 Å². The average Bonchev–Trinajstić information content (AvgIpc) is 2.17. The van der Waals surface area contributed by atoms with Crippen LogP contribution in [0, 0.1) is 0 Å². The lowest BCUT2D eigenvalue weighted by atomic mass is 10.2. The average molecular weight is 177 g/mol. The fraction of sp³-hybridized carbons (Fsp3) is 1.00. The van der Waals surface area contributed by atoms with Gasteiger partial charge in [0.1, 0.15) is 0 Å². The van der Waals surface area contributed by atoms with E-state index in [0.717, 1.165) is 12.6 Å². The van der Waals surface area contributed by atoms with Crippen molar-refractivity contribution in [2.45, 2.75) is 25.8 Å². The lowest BCUT2D eigenvalue weighted by Crippen LogP contribution is -2.29. The van der Waals surface area contributed by atoms with E-state index in [1.165, 1.54) is 24.3 Å². The zero-order chi connectivity index (χ0) is 7.23. The first-order valence-corrected chi connectivity index (χ1v) is 6.40. The first kappa shape index (κ1) is 8.75. The van der Waals surface area contributed by atoms with Crippen LogP contribution < -0.4 is 5.32 Å². The van der Waals surface area contributed by atoms with Crippen LogP contribution in [0.1, 0.15) is 19.8 Å². The molecular formula is C7H15NS2. The van der Waals surface area contributed by atoms with E-state index in [-0.39, 0.29) is 0 Å². The number of hydrogen-bond acceptors (Lipinski definition) is 3. The Morgan fingerprint density at radius 1 is 1.30 bits per heavy atom. The molecule has 0 aromatic carbocycles. The highest BCUT2D eigenvalue weighted by molar-refractivity contribution is 8.76. The molecule has 1 aliphatic heterocycles. The summed E-state index contributed by atoms with van der Waals surface area (Å²) in [6.45, 7) is 3.31. The predicted molar refractivity (Wildman–Crippen MR) is 51.6 cm³/mol. The summed E-state index contributed by atoms with van der Waals surface area (Å²) in [5, 5.41) is 3.50. The fourth-order valence-electron chi connectivity index (χ4n) is 1.14. The highest BCUT2D eigenvalue weighted by atomic mass is 33.1. The van der Waals surface area contributed by atoms with Crippen molar-refractivity contribution in [3.63, 3.8) is 0 Å². The summed E-state index contributed by atoms with van der Waals surface area (Å²) < 4.78 is 0. The quantitative estimate of drug-likeness (QED) is 0.649. The molecule has 0 saturated carbocycles. The standard InChI is InChI=1S/C7H15NS2/c1-2-8-7-3-5-9-10-6-4-7/h7-8H,2-6H2,1H3. The molecule has 0 aromatic heterocycles. The second kappa shape index (κ2) is 5.33. The van der Waals surface area contributed by atoms with Gasteiger partial charge in [-0.25, -0.2) is 0 Å². The molecule has 0 atom stereocenters. The largest absolute Gasteiger partial charge is 0.314 e. The van der Waals surface area contributed by atoms with E-state index < -0.39 is 0 Å². The molecule has 0 amide bonds. The molecule has 60 valence electrons. The summed E-state index contributed by atoms with van der Waals surface area (Å²) in [4.78, 5) is 0. The van der Waals surface area contributed by atoms with Crippen LogP contribution in [0.3, 0.4) is 0 Å². The summed E-state index contributed by atoms with van der Waals surface area (Å²) in [7, 11) is 4.04. The van der Waals surface area contributed by atoms with Gasteiger partial charge in [-0.05, 0) is 19.4 Å². The summed E-state index contributed by atoms with van der Waals surface area (Å²) in [6.07, 6.45) is 2.71. The molecule has 0 bridgehead atoms. The van der Waals surface area contributed by atoms with Crippen molar-refractivity contribution in [1.29, 1.82) is 0 Å². The SMILES string of the molecule is CCNC1CCSSCC1. The maximum absolute atomic E-state index is 3.50. The zero-order valence-corrected chi connectivity index (χ0v) is 8.06. The maximum atomic E-state index is 3.50. The van der Waals surface area contributed by atoms with E-state index in [4.69, 9.17) is 0 Å². The first-order chi connectivity index (χ1) is 4.93. The van der Waals surface area contributed by atoms with Gasteiger partial charge in [0.25, 0.3) is 0 Å². The highest BCUT2D eigenvalue weighted by Crippen LogP contribution is 2.27. The van der Waals surface area contributed by atoms with E-state index >= 15 is 0 Å². The van der Waals surface area contributed by atoms with E-state index in [2.05, 4.69) is 12.2 Å². The Hall–Kier alpha value is 0.660. The minimum Gasteiger partial charge on any atom is -0.314 e. The Labute approximate surface area is 71.1 Å². The Balaban J connectivity index is 2.15. The molecule has 1 heterocycles. The highest BCUT2D eigenvalue weighted by Gasteiger charge is 2.10. The molecule has 1 saturated heterocycles. The van der Waals surface area contributed by atoms with E-state index in [1.807, 2.05) is 21.6 Å². The molecule has 0 radical (unpaired) electrons. The second-order valence-electron chi connectivity index (χ2n) is 2.48. The summed E-state index contributed by atoms with van der Waals surface area (Å²) >= 11 is 0. The van der Waals surface area contributed by atoms with Crippen molar-refractivity contribution in [1.82, 2.24) is 5.32 Å². The van der Waals surface area contributed by atoms with Gasteiger partial charge < -0.3 is 5.32 Å². The van der Waals surface area contributed by atoms with Crippen molar-refractivity contribution in [2.24, 2.45) is 0 Å². The van der Waals surface area contributed by atoms with Gasteiger partial charge in [-0.1, -0.05) is 28.5 Å². The fourth-order valence-corrected chi connectivity index (χ4v) is 3.42.